The molecule has 0 unspecified atom stereocenters. The minimum absolute atomic E-state index is 0.00549. The summed E-state index contributed by atoms with van der Waals surface area (Å²) in [4.78, 5) is 21.3. The number of aromatic nitrogens is 1. The summed E-state index contributed by atoms with van der Waals surface area (Å²) in [6.45, 7) is 2.88. The fourth-order valence-corrected chi connectivity index (χ4v) is 6.76. The molecule has 0 atom stereocenters. The molecule has 196 valence electrons. The number of aliphatic hydroxyl groups is 1. The Morgan fingerprint density at radius 2 is 1.84 bits per heavy atom. The Bertz CT molecular complexity index is 1180. The molecule has 2 aliphatic carbocycles. The number of thiazole rings is 1. The van der Waals surface area contributed by atoms with Gasteiger partial charge in [0.15, 0.2) is 0 Å². The summed E-state index contributed by atoms with van der Waals surface area (Å²) in [6.07, 6.45) is 9.15. The van der Waals surface area contributed by atoms with Gasteiger partial charge in [-0.05, 0) is 105 Å². The number of amides is 1. The van der Waals surface area contributed by atoms with Gasteiger partial charge >= 0.3 is 0 Å². The van der Waals surface area contributed by atoms with Crippen LogP contribution in [0.2, 0.25) is 0 Å². The number of methoxy groups -OCH3 is 1. The molecule has 5 rings (SSSR count). The van der Waals surface area contributed by atoms with Crippen molar-refractivity contribution < 1.29 is 14.6 Å². The van der Waals surface area contributed by atoms with E-state index in [4.69, 9.17) is 4.74 Å². The van der Waals surface area contributed by atoms with Gasteiger partial charge in [-0.25, -0.2) is 0 Å². The third-order valence-electron chi connectivity index (χ3n) is 8.36. The number of carbonyl (C=O) groups excluding carboxylic acids is 1. The van der Waals surface area contributed by atoms with Gasteiger partial charge in [0.1, 0.15) is 5.75 Å². The molecule has 2 aliphatic rings. The summed E-state index contributed by atoms with van der Waals surface area (Å²) in [7, 11) is 1.72. The Morgan fingerprint density at radius 3 is 2.51 bits per heavy atom. The molecule has 3 aromatic rings. The van der Waals surface area contributed by atoms with Crippen LogP contribution in [0.3, 0.4) is 0 Å². The number of aryl methyl sites for hydroxylation is 1. The quantitative estimate of drug-likeness (QED) is 0.366. The molecule has 1 heterocycles. The number of carbonyl (C=O) groups is 1. The van der Waals surface area contributed by atoms with Crippen LogP contribution in [0.15, 0.2) is 54.2 Å². The fraction of sp³-hybridized carbons (Fsp3) is 0.484. The first-order chi connectivity index (χ1) is 18.0. The number of nitrogens with zero attached hydrogens (tertiary/aromatic N) is 2. The second-order valence-electron chi connectivity index (χ2n) is 10.8. The Kier molecular flexibility index (Phi) is 8.26. The molecule has 1 N–H and O–H groups in total. The molecular weight excluding hydrogens is 480 g/mol. The van der Waals surface area contributed by atoms with Crippen molar-refractivity contribution in [2.75, 3.05) is 18.6 Å². The zero-order valence-electron chi connectivity index (χ0n) is 21.9. The third kappa shape index (κ3) is 6.07. The van der Waals surface area contributed by atoms with Gasteiger partial charge < -0.3 is 14.7 Å². The van der Waals surface area contributed by atoms with E-state index in [1.807, 2.05) is 11.7 Å². The van der Waals surface area contributed by atoms with E-state index in [9.17, 15) is 9.90 Å². The van der Waals surface area contributed by atoms with Crippen molar-refractivity contribution in [1.82, 2.24) is 4.98 Å². The van der Waals surface area contributed by atoms with Crippen molar-refractivity contribution in [2.45, 2.75) is 70.3 Å². The highest BCUT2D eigenvalue weighted by Gasteiger charge is 2.32. The predicted octanol–water partition coefficient (Wildman–Crippen LogP) is 6.99. The summed E-state index contributed by atoms with van der Waals surface area (Å²) in [5.41, 5.74) is 6.53. The topological polar surface area (TPSA) is 62.7 Å². The highest BCUT2D eigenvalue weighted by molar-refractivity contribution is 7.13. The molecule has 2 aromatic carbocycles. The van der Waals surface area contributed by atoms with Gasteiger partial charge in [-0.15, -0.1) is 11.3 Å². The number of rotatable bonds is 7. The minimum Gasteiger partial charge on any atom is -0.496 e. The van der Waals surface area contributed by atoms with E-state index < -0.39 is 0 Å². The molecule has 0 radical (unpaired) electrons. The van der Waals surface area contributed by atoms with Crippen molar-refractivity contribution in [1.29, 1.82) is 0 Å². The van der Waals surface area contributed by atoms with Crippen molar-refractivity contribution in [3.05, 3.63) is 65.3 Å². The molecule has 2 fully saturated rings. The van der Waals surface area contributed by atoms with Crippen LogP contribution in [-0.4, -0.2) is 35.8 Å². The first-order valence-corrected chi connectivity index (χ1v) is 14.5. The van der Waals surface area contributed by atoms with Crippen LogP contribution in [0.4, 0.5) is 5.69 Å². The standard InChI is InChI=1S/C31H38N2O3S/c1-21-16-25(12-15-29(21)36-2)23-8-6-22(7-9-23)19-33(31(35)24-10-13-28(34)14-11-24)27-5-3-4-26(17-27)30-18-32-20-37-30/h3-5,12,15-18,20,22-24,28,34H,6-11,13-14,19H2,1-2H3. The molecule has 0 spiro atoms. The van der Waals surface area contributed by atoms with E-state index >= 15 is 0 Å². The van der Waals surface area contributed by atoms with Crippen LogP contribution in [0.1, 0.15) is 68.4 Å². The van der Waals surface area contributed by atoms with Crippen LogP contribution in [0, 0.1) is 18.8 Å². The Morgan fingerprint density at radius 1 is 1.05 bits per heavy atom. The van der Waals surface area contributed by atoms with Crippen LogP contribution in [0.5, 0.6) is 5.75 Å². The highest BCUT2D eigenvalue weighted by Crippen LogP contribution is 2.39. The van der Waals surface area contributed by atoms with E-state index in [0.717, 1.165) is 79.8 Å². The van der Waals surface area contributed by atoms with Crippen LogP contribution in [0.25, 0.3) is 10.4 Å². The van der Waals surface area contributed by atoms with Crippen molar-refractivity contribution in [2.24, 2.45) is 11.8 Å². The lowest BCUT2D eigenvalue weighted by atomic mass is 9.78. The van der Waals surface area contributed by atoms with Gasteiger partial charge in [-0.1, -0.05) is 24.3 Å². The average molecular weight is 519 g/mol. The number of benzene rings is 2. The summed E-state index contributed by atoms with van der Waals surface area (Å²) in [5.74, 6) is 2.22. The maximum Gasteiger partial charge on any atom is 0.230 e. The van der Waals surface area contributed by atoms with Crippen LogP contribution in [-0.2, 0) is 4.79 Å². The Hall–Kier alpha value is -2.70. The average Bonchev–Trinajstić information content (AvgIpc) is 3.47. The zero-order chi connectivity index (χ0) is 25.8. The summed E-state index contributed by atoms with van der Waals surface area (Å²) in [6, 6.07) is 15.0. The smallest absolute Gasteiger partial charge is 0.230 e. The Balaban J connectivity index is 1.31. The summed E-state index contributed by atoms with van der Waals surface area (Å²) >= 11 is 1.62. The zero-order valence-corrected chi connectivity index (χ0v) is 22.8. The molecule has 0 saturated heterocycles. The van der Waals surface area contributed by atoms with Crippen molar-refractivity contribution in [3.8, 4) is 16.2 Å². The molecular formula is C31H38N2O3S. The van der Waals surface area contributed by atoms with E-state index in [-0.39, 0.29) is 17.9 Å². The first-order valence-electron chi connectivity index (χ1n) is 13.6. The summed E-state index contributed by atoms with van der Waals surface area (Å²) in [5, 5.41) is 10.00. The van der Waals surface area contributed by atoms with Gasteiger partial charge in [0.2, 0.25) is 5.91 Å². The SMILES string of the molecule is COc1ccc(C2CCC(CN(C(=O)C3CCC(O)CC3)c3cccc(-c4cncs4)c3)CC2)cc1C. The van der Waals surface area contributed by atoms with Gasteiger partial charge in [0.25, 0.3) is 0 Å². The number of hydrogen-bond donors (Lipinski definition) is 1. The van der Waals surface area contributed by atoms with Gasteiger partial charge in [-0.3, -0.25) is 9.78 Å². The Labute approximate surface area is 224 Å². The molecule has 1 amide bonds. The fourth-order valence-electron chi connectivity index (χ4n) is 6.14. The van der Waals surface area contributed by atoms with E-state index in [1.165, 1.54) is 11.1 Å². The number of aliphatic hydroxyl groups excluding tert-OH is 1. The lowest BCUT2D eigenvalue weighted by Gasteiger charge is -2.36. The minimum atomic E-state index is -0.260. The molecule has 37 heavy (non-hydrogen) atoms. The predicted molar refractivity (Wildman–Crippen MR) is 150 cm³/mol. The molecule has 2 saturated carbocycles. The van der Waals surface area contributed by atoms with Crippen LogP contribution < -0.4 is 9.64 Å². The van der Waals surface area contributed by atoms with E-state index in [2.05, 4.69) is 59.3 Å². The van der Waals surface area contributed by atoms with E-state index in [1.54, 1.807) is 18.4 Å². The van der Waals surface area contributed by atoms with Crippen LogP contribution >= 0.6 is 11.3 Å². The number of anilines is 1. The highest BCUT2D eigenvalue weighted by atomic mass is 32.1. The van der Waals surface area contributed by atoms with E-state index in [0.29, 0.717) is 11.8 Å². The molecule has 6 heteroatoms. The largest absolute Gasteiger partial charge is 0.496 e. The second-order valence-corrected chi connectivity index (χ2v) is 11.7. The maximum absolute atomic E-state index is 13.9. The summed E-state index contributed by atoms with van der Waals surface area (Å²) < 4.78 is 5.45. The third-order valence-corrected chi connectivity index (χ3v) is 9.19. The van der Waals surface area contributed by atoms with Crippen molar-refractivity contribution in [3.63, 3.8) is 0 Å². The lowest BCUT2D eigenvalue weighted by Crippen LogP contribution is -2.41. The normalized spacial score (nSPS) is 24.0. The second kappa shape index (κ2) is 11.8. The number of ether oxygens (including phenoxy) is 1. The maximum atomic E-state index is 13.9. The molecule has 1 aromatic heterocycles. The van der Waals surface area contributed by atoms with Crippen molar-refractivity contribution >= 4 is 22.9 Å². The molecule has 5 nitrogen and oxygen atoms in total. The lowest BCUT2D eigenvalue weighted by molar-refractivity contribution is -0.124. The monoisotopic (exact) mass is 518 g/mol. The molecule has 0 aliphatic heterocycles. The van der Waals surface area contributed by atoms with Gasteiger partial charge in [0, 0.05) is 24.3 Å². The number of hydrogen-bond acceptors (Lipinski definition) is 5. The molecule has 0 bridgehead atoms. The first kappa shape index (κ1) is 25.9. The van der Waals surface area contributed by atoms with Gasteiger partial charge in [-0.2, -0.15) is 0 Å². The van der Waals surface area contributed by atoms with Gasteiger partial charge in [0.05, 0.1) is 23.6 Å².